The van der Waals surface area contributed by atoms with Gasteiger partial charge in [-0.1, -0.05) is 6.92 Å². The van der Waals surface area contributed by atoms with Crippen molar-refractivity contribution in [2.45, 2.75) is 57.3 Å². The second-order valence-corrected chi connectivity index (χ2v) is 6.71. The number of likely N-dealkylation sites (N-methyl/N-ethyl adjacent to an activating group) is 1. The Balaban J connectivity index is 1.37. The third-order valence-electron chi connectivity index (χ3n) is 5.18. The van der Waals surface area contributed by atoms with Crippen molar-refractivity contribution in [2.24, 2.45) is 0 Å². The predicted octanol–water partition coefficient (Wildman–Crippen LogP) is 1.31. The summed E-state index contributed by atoms with van der Waals surface area (Å²) in [6.07, 6.45) is 7.62. The van der Waals surface area contributed by atoms with Gasteiger partial charge in [-0.05, 0) is 58.3 Å². The SMILES string of the molecule is CCNCC1CCC(CN2CCC(N3CCCC3)C2)O1. The minimum Gasteiger partial charge on any atom is -0.372 e. The molecule has 0 radical (unpaired) electrons. The fourth-order valence-electron chi connectivity index (χ4n) is 4.04. The molecule has 3 saturated heterocycles. The van der Waals surface area contributed by atoms with Gasteiger partial charge in [-0.2, -0.15) is 0 Å². The van der Waals surface area contributed by atoms with Crippen LogP contribution in [0.2, 0.25) is 0 Å². The third kappa shape index (κ3) is 3.73. The molecular weight excluding hydrogens is 250 g/mol. The van der Waals surface area contributed by atoms with E-state index in [4.69, 9.17) is 4.74 Å². The van der Waals surface area contributed by atoms with Crippen LogP contribution in [-0.2, 0) is 4.74 Å². The van der Waals surface area contributed by atoms with Crippen molar-refractivity contribution in [3.63, 3.8) is 0 Å². The highest BCUT2D eigenvalue weighted by Gasteiger charge is 2.32. The van der Waals surface area contributed by atoms with Gasteiger partial charge in [0, 0.05) is 25.7 Å². The standard InChI is InChI=1S/C16H31N3O/c1-2-17-11-15-5-6-16(20-15)13-18-10-7-14(12-18)19-8-3-4-9-19/h14-17H,2-13H2,1H3. The Hall–Kier alpha value is -0.160. The lowest BCUT2D eigenvalue weighted by atomic mass is 10.2. The van der Waals surface area contributed by atoms with Crippen molar-refractivity contribution >= 4 is 0 Å². The molecule has 0 amide bonds. The Kier molecular flexibility index (Phi) is 5.32. The minimum absolute atomic E-state index is 0.455. The summed E-state index contributed by atoms with van der Waals surface area (Å²) in [5.41, 5.74) is 0. The van der Waals surface area contributed by atoms with Crippen LogP contribution in [0.4, 0.5) is 0 Å². The summed E-state index contributed by atoms with van der Waals surface area (Å²) in [6, 6.07) is 0.830. The average molecular weight is 281 g/mol. The zero-order chi connectivity index (χ0) is 13.8. The molecule has 3 aliphatic rings. The van der Waals surface area contributed by atoms with E-state index < -0.39 is 0 Å². The van der Waals surface area contributed by atoms with E-state index in [1.54, 1.807) is 0 Å². The van der Waals surface area contributed by atoms with E-state index >= 15 is 0 Å². The highest BCUT2D eigenvalue weighted by atomic mass is 16.5. The van der Waals surface area contributed by atoms with Crippen LogP contribution in [0.3, 0.4) is 0 Å². The van der Waals surface area contributed by atoms with Crippen molar-refractivity contribution in [3.05, 3.63) is 0 Å². The molecular formula is C16H31N3O. The molecule has 0 bridgehead atoms. The molecule has 3 heterocycles. The number of likely N-dealkylation sites (tertiary alicyclic amines) is 2. The summed E-state index contributed by atoms with van der Waals surface area (Å²) in [7, 11) is 0. The molecule has 3 fully saturated rings. The molecule has 4 heteroatoms. The number of rotatable bonds is 6. The van der Waals surface area contributed by atoms with Gasteiger partial charge in [0.25, 0.3) is 0 Å². The lowest BCUT2D eigenvalue weighted by Gasteiger charge is -2.25. The molecule has 0 spiro atoms. The van der Waals surface area contributed by atoms with Crippen LogP contribution in [0.1, 0.15) is 39.0 Å². The van der Waals surface area contributed by atoms with E-state index in [0.29, 0.717) is 12.2 Å². The molecule has 0 aliphatic carbocycles. The molecule has 0 aromatic heterocycles. The second-order valence-electron chi connectivity index (χ2n) is 6.71. The van der Waals surface area contributed by atoms with Crippen molar-refractivity contribution in [1.29, 1.82) is 0 Å². The number of ether oxygens (including phenoxy) is 1. The van der Waals surface area contributed by atoms with Crippen molar-refractivity contribution in [1.82, 2.24) is 15.1 Å². The largest absolute Gasteiger partial charge is 0.372 e. The lowest BCUT2D eigenvalue weighted by molar-refractivity contribution is 0.0266. The summed E-state index contributed by atoms with van der Waals surface area (Å²) >= 11 is 0. The van der Waals surface area contributed by atoms with Gasteiger partial charge in [-0.15, -0.1) is 0 Å². The Labute approximate surface area is 123 Å². The summed E-state index contributed by atoms with van der Waals surface area (Å²) in [4.78, 5) is 5.35. The monoisotopic (exact) mass is 281 g/mol. The fraction of sp³-hybridized carbons (Fsp3) is 1.00. The van der Waals surface area contributed by atoms with E-state index in [9.17, 15) is 0 Å². The lowest BCUT2D eigenvalue weighted by Crippen LogP contribution is -2.37. The maximum atomic E-state index is 6.17. The quantitative estimate of drug-likeness (QED) is 0.794. The number of nitrogens with zero attached hydrogens (tertiary/aromatic N) is 2. The van der Waals surface area contributed by atoms with Crippen LogP contribution in [0.15, 0.2) is 0 Å². The molecule has 4 nitrogen and oxygen atoms in total. The molecule has 20 heavy (non-hydrogen) atoms. The first-order valence-electron chi connectivity index (χ1n) is 8.67. The van der Waals surface area contributed by atoms with Crippen molar-refractivity contribution in [2.75, 3.05) is 45.8 Å². The van der Waals surface area contributed by atoms with Crippen LogP contribution in [-0.4, -0.2) is 73.9 Å². The Bertz CT molecular complexity index is 293. The van der Waals surface area contributed by atoms with E-state index in [1.807, 2.05) is 0 Å². The highest BCUT2D eigenvalue weighted by molar-refractivity contribution is 4.87. The normalized spacial score (nSPS) is 36.1. The molecule has 116 valence electrons. The van der Waals surface area contributed by atoms with Crippen LogP contribution >= 0.6 is 0 Å². The van der Waals surface area contributed by atoms with Gasteiger partial charge in [0.15, 0.2) is 0 Å². The molecule has 3 atom stereocenters. The first kappa shape index (κ1) is 14.8. The Morgan fingerprint density at radius 2 is 1.85 bits per heavy atom. The molecule has 0 saturated carbocycles. The van der Waals surface area contributed by atoms with Gasteiger partial charge >= 0.3 is 0 Å². The zero-order valence-electron chi connectivity index (χ0n) is 13.0. The summed E-state index contributed by atoms with van der Waals surface area (Å²) in [6.45, 7) is 10.6. The maximum Gasteiger partial charge on any atom is 0.0707 e. The third-order valence-corrected chi connectivity index (χ3v) is 5.18. The van der Waals surface area contributed by atoms with Crippen LogP contribution in [0.25, 0.3) is 0 Å². The van der Waals surface area contributed by atoms with E-state index in [0.717, 1.165) is 25.7 Å². The van der Waals surface area contributed by atoms with Gasteiger partial charge in [-0.25, -0.2) is 0 Å². The maximum absolute atomic E-state index is 6.17. The molecule has 0 aromatic carbocycles. The highest BCUT2D eigenvalue weighted by Crippen LogP contribution is 2.24. The van der Waals surface area contributed by atoms with Crippen LogP contribution in [0.5, 0.6) is 0 Å². The van der Waals surface area contributed by atoms with Crippen LogP contribution < -0.4 is 5.32 Å². The number of nitrogens with one attached hydrogen (secondary N) is 1. The Morgan fingerprint density at radius 1 is 1.05 bits per heavy atom. The first-order chi connectivity index (χ1) is 9.85. The second kappa shape index (κ2) is 7.21. The molecule has 1 N–H and O–H groups in total. The molecule has 0 aromatic rings. The summed E-state index contributed by atoms with van der Waals surface area (Å²) in [5, 5.41) is 3.40. The number of hydrogen-bond donors (Lipinski definition) is 1. The molecule has 3 rings (SSSR count). The summed E-state index contributed by atoms with van der Waals surface area (Å²) < 4.78 is 6.17. The van der Waals surface area contributed by atoms with Crippen molar-refractivity contribution < 1.29 is 4.74 Å². The van der Waals surface area contributed by atoms with E-state index in [-0.39, 0.29) is 0 Å². The van der Waals surface area contributed by atoms with Gasteiger partial charge in [0.05, 0.1) is 12.2 Å². The van der Waals surface area contributed by atoms with E-state index in [1.165, 1.54) is 58.3 Å². The van der Waals surface area contributed by atoms with E-state index in [2.05, 4.69) is 22.0 Å². The zero-order valence-corrected chi connectivity index (χ0v) is 13.0. The van der Waals surface area contributed by atoms with Gasteiger partial charge in [-0.3, -0.25) is 9.80 Å². The van der Waals surface area contributed by atoms with Gasteiger partial charge in [0.1, 0.15) is 0 Å². The smallest absolute Gasteiger partial charge is 0.0707 e. The molecule has 3 aliphatic heterocycles. The topological polar surface area (TPSA) is 27.7 Å². The number of hydrogen-bond acceptors (Lipinski definition) is 4. The predicted molar refractivity (Wildman–Crippen MR) is 82.1 cm³/mol. The first-order valence-corrected chi connectivity index (χ1v) is 8.67. The average Bonchev–Trinajstić information content (AvgIpc) is 3.18. The fourth-order valence-corrected chi connectivity index (χ4v) is 4.04. The van der Waals surface area contributed by atoms with Crippen LogP contribution in [0, 0.1) is 0 Å². The van der Waals surface area contributed by atoms with Gasteiger partial charge < -0.3 is 10.1 Å². The minimum atomic E-state index is 0.455. The van der Waals surface area contributed by atoms with Gasteiger partial charge in [0.2, 0.25) is 0 Å². The summed E-state index contributed by atoms with van der Waals surface area (Å²) in [5.74, 6) is 0. The van der Waals surface area contributed by atoms with Crippen molar-refractivity contribution in [3.8, 4) is 0 Å². The Morgan fingerprint density at radius 3 is 2.65 bits per heavy atom. The molecule has 3 unspecified atom stereocenters.